The average Bonchev–Trinajstić information content (AvgIpc) is 2.13. The first-order valence-electron chi connectivity index (χ1n) is 3.05. The van der Waals surface area contributed by atoms with E-state index in [2.05, 4.69) is 15.1 Å². The zero-order valence-corrected chi connectivity index (χ0v) is 7.12. The van der Waals surface area contributed by atoms with Gasteiger partial charge in [0.15, 0.2) is 6.20 Å². The lowest BCUT2D eigenvalue weighted by atomic mass is 10.5. The van der Waals surface area contributed by atoms with E-state index in [0.29, 0.717) is 0 Å². The molecule has 9 nitrogen and oxygen atoms in total. The minimum Gasteiger partial charge on any atom is -0.339 e. The average molecular weight is 217 g/mol. The Morgan fingerprint density at radius 2 is 2.43 bits per heavy atom. The van der Waals surface area contributed by atoms with Gasteiger partial charge in [-0.3, -0.25) is 4.79 Å². The molecular formula is C4HClN6O3. The van der Waals surface area contributed by atoms with E-state index in [1.54, 1.807) is 0 Å². The van der Waals surface area contributed by atoms with Crippen molar-refractivity contribution in [2.75, 3.05) is 0 Å². The molecule has 14 heavy (non-hydrogen) atoms. The van der Waals surface area contributed by atoms with Gasteiger partial charge in [-0.1, -0.05) is 16.7 Å². The van der Waals surface area contributed by atoms with E-state index in [1.807, 2.05) is 0 Å². The van der Waals surface area contributed by atoms with E-state index in [-0.39, 0.29) is 10.5 Å². The molecule has 72 valence electrons. The van der Waals surface area contributed by atoms with E-state index in [4.69, 9.17) is 17.1 Å². The zero-order chi connectivity index (χ0) is 10.7. The van der Waals surface area contributed by atoms with E-state index in [1.165, 1.54) is 0 Å². The van der Waals surface area contributed by atoms with Crippen LogP contribution in [-0.4, -0.2) is 14.9 Å². The Morgan fingerprint density at radius 3 is 2.93 bits per heavy atom. The Bertz CT molecular complexity index is 488. The number of halogens is 1. The van der Waals surface area contributed by atoms with Gasteiger partial charge in [0.2, 0.25) is 0 Å². The van der Waals surface area contributed by atoms with Gasteiger partial charge < -0.3 is 10.1 Å². The molecular weight excluding hydrogens is 216 g/mol. The third-order valence-electron chi connectivity index (χ3n) is 1.19. The van der Waals surface area contributed by atoms with Crippen LogP contribution >= 0.6 is 11.6 Å². The van der Waals surface area contributed by atoms with Gasteiger partial charge in [0, 0.05) is 10.0 Å². The normalized spacial score (nSPS) is 9.21. The summed E-state index contributed by atoms with van der Waals surface area (Å²) in [6.45, 7) is 0. The highest BCUT2D eigenvalue weighted by atomic mass is 35.5. The zero-order valence-electron chi connectivity index (χ0n) is 6.36. The molecule has 0 unspecified atom stereocenters. The van der Waals surface area contributed by atoms with Crippen molar-refractivity contribution in [2.45, 2.75) is 0 Å². The maximum absolute atomic E-state index is 11.0. The summed E-state index contributed by atoms with van der Waals surface area (Å²) < 4.78 is 0. The van der Waals surface area contributed by atoms with E-state index in [9.17, 15) is 14.9 Å². The van der Waals surface area contributed by atoms with Gasteiger partial charge in [0.25, 0.3) is 0 Å². The van der Waals surface area contributed by atoms with Crippen LogP contribution in [0.3, 0.4) is 0 Å². The van der Waals surface area contributed by atoms with Crippen LogP contribution < -0.4 is 5.56 Å². The van der Waals surface area contributed by atoms with Gasteiger partial charge >= 0.3 is 5.56 Å². The Balaban J connectivity index is 3.48. The van der Waals surface area contributed by atoms with Crippen molar-refractivity contribution in [3.8, 4) is 0 Å². The third-order valence-corrected chi connectivity index (χ3v) is 1.55. The minimum absolute atomic E-state index is 0.0568. The van der Waals surface area contributed by atoms with Crippen LogP contribution in [0.15, 0.2) is 16.1 Å². The monoisotopic (exact) mass is 216 g/mol. The Morgan fingerprint density at radius 1 is 1.79 bits per heavy atom. The highest BCUT2D eigenvalue weighted by molar-refractivity contribution is 6.32. The molecule has 1 heterocycles. The van der Waals surface area contributed by atoms with Crippen LogP contribution in [0.1, 0.15) is 0 Å². The van der Waals surface area contributed by atoms with Crippen molar-refractivity contribution in [2.24, 2.45) is 5.11 Å². The molecule has 10 heteroatoms. The Hall–Kier alpha value is -2.12. The largest absolute Gasteiger partial charge is 0.352 e. The second kappa shape index (κ2) is 3.73. The Labute approximate surface area is 80.3 Å². The minimum atomic E-state index is -1.15. The van der Waals surface area contributed by atoms with E-state index >= 15 is 0 Å². The molecule has 0 N–H and O–H groups in total. The highest BCUT2D eigenvalue weighted by Gasteiger charge is 2.14. The Kier molecular flexibility index (Phi) is 2.65. The topological polar surface area (TPSA) is 127 Å². The van der Waals surface area contributed by atoms with Gasteiger partial charge in [-0.05, 0) is 5.53 Å². The van der Waals surface area contributed by atoms with Crippen LogP contribution in [0, 0.1) is 10.1 Å². The lowest BCUT2D eigenvalue weighted by Gasteiger charge is -1.95. The molecule has 1 aromatic heterocycles. The molecule has 0 aliphatic carbocycles. The van der Waals surface area contributed by atoms with Crippen molar-refractivity contribution in [1.29, 1.82) is 0 Å². The molecule has 0 aliphatic rings. The summed E-state index contributed by atoms with van der Waals surface area (Å²) in [5.74, 6) is 0. The molecule has 0 saturated carbocycles. The molecule has 1 rings (SSSR count). The van der Waals surface area contributed by atoms with Gasteiger partial charge in [-0.2, -0.15) is 0 Å². The second-order valence-electron chi connectivity index (χ2n) is 1.97. The summed E-state index contributed by atoms with van der Waals surface area (Å²) in [4.78, 5) is 23.5. The van der Waals surface area contributed by atoms with Gasteiger partial charge in [0.05, 0.1) is 9.82 Å². The van der Waals surface area contributed by atoms with E-state index < -0.39 is 15.6 Å². The molecule has 0 aliphatic heterocycles. The molecule has 1 aromatic rings. The first-order valence-corrected chi connectivity index (χ1v) is 3.43. The van der Waals surface area contributed by atoms with Crippen LogP contribution in [0.2, 0.25) is 5.02 Å². The second-order valence-corrected chi connectivity index (χ2v) is 2.34. The van der Waals surface area contributed by atoms with Crippen molar-refractivity contribution in [1.82, 2.24) is 9.89 Å². The number of rotatable bonds is 2. The maximum Gasteiger partial charge on any atom is 0.352 e. The summed E-state index contributed by atoms with van der Waals surface area (Å²) in [6.07, 6.45) is 0.826. The fourth-order valence-corrected chi connectivity index (χ4v) is 0.812. The van der Waals surface area contributed by atoms with Crippen LogP contribution in [-0.2, 0) is 0 Å². The molecule has 0 bridgehead atoms. The fraction of sp³-hybridized carbons (Fsp3) is 0. The highest BCUT2D eigenvalue weighted by Crippen LogP contribution is 2.18. The number of aromatic nitrogens is 2. The third kappa shape index (κ3) is 1.63. The maximum atomic E-state index is 11.0. The molecule has 0 spiro atoms. The smallest absolute Gasteiger partial charge is 0.339 e. The molecule has 0 atom stereocenters. The van der Waals surface area contributed by atoms with Crippen molar-refractivity contribution >= 4 is 17.3 Å². The first-order chi connectivity index (χ1) is 6.57. The number of nitrogens with zero attached hydrogens (tertiary/aromatic N) is 6. The van der Waals surface area contributed by atoms with Crippen LogP contribution in [0.4, 0.5) is 5.69 Å². The predicted molar refractivity (Wildman–Crippen MR) is 44.7 cm³/mol. The standard InChI is InChI=1S/C4HClN6O3/c5-3-2(8-9-6)1-7-10(4(3)12)11(13)14/h1H. The van der Waals surface area contributed by atoms with Crippen LogP contribution in [0.25, 0.3) is 10.4 Å². The SMILES string of the molecule is [N-]=[N+]=Nc1cnn([N+](=O)[O-])c(=O)c1Cl. The van der Waals surface area contributed by atoms with Gasteiger partial charge in [-0.15, -0.1) is 0 Å². The van der Waals surface area contributed by atoms with Crippen LogP contribution in [0.5, 0.6) is 0 Å². The van der Waals surface area contributed by atoms with E-state index in [0.717, 1.165) is 6.20 Å². The molecule has 0 aromatic carbocycles. The number of azide groups is 1. The summed E-state index contributed by atoms with van der Waals surface area (Å²) >= 11 is 5.38. The number of hydrogen-bond donors (Lipinski definition) is 0. The lowest BCUT2D eigenvalue weighted by Crippen LogP contribution is -2.28. The van der Waals surface area contributed by atoms with Gasteiger partial charge in [-0.25, -0.2) is 0 Å². The molecule has 0 fully saturated rings. The quantitative estimate of drug-likeness (QED) is 0.239. The van der Waals surface area contributed by atoms with Crippen molar-refractivity contribution in [3.05, 3.63) is 42.1 Å². The summed E-state index contributed by atoms with van der Waals surface area (Å²) in [5, 5.41) is 14.7. The number of nitro groups is 1. The molecule has 0 amide bonds. The number of hydrogen-bond acceptors (Lipinski definition) is 5. The summed E-state index contributed by atoms with van der Waals surface area (Å²) in [6, 6.07) is 0. The summed E-state index contributed by atoms with van der Waals surface area (Å²) in [5.41, 5.74) is 6.64. The molecule has 0 saturated heterocycles. The predicted octanol–water partition coefficient (Wildman–Crippen LogP) is 0.878. The van der Waals surface area contributed by atoms with Crippen molar-refractivity contribution in [3.63, 3.8) is 0 Å². The van der Waals surface area contributed by atoms with Crippen molar-refractivity contribution < 1.29 is 5.03 Å². The first kappa shape index (κ1) is 9.96. The fourth-order valence-electron chi connectivity index (χ4n) is 0.650. The van der Waals surface area contributed by atoms with Gasteiger partial charge in [0.1, 0.15) is 10.7 Å². The molecule has 0 radical (unpaired) electrons. The lowest BCUT2D eigenvalue weighted by molar-refractivity contribution is -0.556. The summed E-state index contributed by atoms with van der Waals surface area (Å²) in [7, 11) is 0.